The second-order valence-corrected chi connectivity index (χ2v) is 5.18. The number of aromatic hydroxyl groups is 1. The second kappa shape index (κ2) is 3.59. The van der Waals surface area contributed by atoms with Gasteiger partial charge in [0.2, 0.25) is 0 Å². The molecule has 1 aliphatic carbocycles. The molecular weight excluding hydrogens is 222 g/mol. The van der Waals surface area contributed by atoms with Gasteiger partial charge < -0.3 is 10.4 Å². The van der Waals surface area contributed by atoms with Crippen LogP contribution in [0, 0.1) is 0 Å². The average Bonchev–Trinajstić information content (AvgIpc) is 2.39. The molecule has 1 heterocycles. The Labute approximate surface area is 106 Å². The first kappa shape index (κ1) is 10.2. The smallest absolute Gasteiger partial charge is 0.115 e. The van der Waals surface area contributed by atoms with E-state index >= 15 is 0 Å². The maximum absolute atomic E-state index is 9.64. The minimum Gasteiger partial charge on any atom is -0.508 e. The topological polar surface area (TPSA) is 32.3 Å². The van der Waals surface area contributed by atoms with Crippen molar-refractivity contribution in [3.05, 3.63) is 53.1 Å². The van der Waals surface area contributed by atoms with Gasteiger partial charge in [0.1, 0.15) is 5.75 Å². The van der Waals surface area contributed by atoms with Crippen LogP contribution in [0.4, 0.5) is 0 Å². The zero-order valence-corrected chi connectivity index (χ0v) is 10.1. The third kappa shape index (κ3) is 1.33. The number of phenols is 1. The van der Waals surface area contributed by atoms with E-state index in [0.29, 0.717) is 11.8 Å². The van der Waals surface area contributed by atoms with Crippen molar-refractivity contribution >= 4 is 0 Å². The molecule has 2 aliphatic rings. The van der Waals surface area contributed by atoms with Crippen LogP contribution in [0.15, 0.2) is 36.4 Å². The molecule has 1 atom stereocenters. The molecule has 0 bridgehead atoms. The molecule has 1 aliphatic heterocycles. The Morgan fingerprint density at radius 1 is 1.06 bits per heavy atom. The molecule has 2 heteroatoms. The molecule has 90 valence electrons. The van der Waals surface area contributed by atoms with E-state index in [1.807, 2.05) is 12.1 Å². The molecule has 4 rings (SSSR count). The molecule has 1 unspecified atom stereocenters. The largest absolute Gasteiger partial charge is 0.508 e. The monoisotopic (exact) mass is 237 g/mol. The van der Waals surface area contributed by atoms with Crippen LogP contribution in [0.1, 0.15) is 22.7 Å². The Morgan fingerprint density at radius 2 is 2.00 bits per heavy atom. The highest BCUT2D eigenvalue weighted by molar-refractivity contribution is 5.76. The van der Waals surface area contributed by atoms with Crippen LogP contribution in [0.3, 0.4) is 0 Å². The summed E-state index contributed by atoms with van der Waals surface area (Å²) >= 11 is 0. The van der Waals surface area contributed by atoms with E-state index in [-0.39, 0.29) is 0 Å². The van der Waals surface area contributed by atoms with Crippen LogP contribution >= 0.6 is 0 Å². The summed E-state index contributed by atoms with van der Waals surface area (Å²) in [6.45, 7) is 1.05. The summed E-state index contributed by atoms with van der Waals surface area (Å²) in [5.41, 5.74) is 6.83. The lowest BCUT2D eigenvalue weighted by atomic mass is 9.78. The lowest BCUT2D eigenvalue weighted by Crippen LogP contribution is -2.33. The molecule has 2 aromatic carbocycles. The fourth-order valence-electron chi connectivity index (χ4n) is 3.37. The molecule has 0 amide bonds. The van der Waals surface area contributed by atoms with Crippen molar-refractivity contribution in [1.29, 1.82) is 0 Å². The van der Waals surface area contributed by atoms with Crippen LogP contribution in [0.5, 0.6) is 5.75 Å². The molecule has 0 fully saturated rings. The highest BCUT2D eigenvalue weighted by Crippen LogP contribution is 2.42. The van der Waals surface area contributed by atoms with Crippen molar-refractivity contribution in [2.24, 2.45) is 0 Å². The van der Waals surface area contributed by atoms with Crippen LogP contribution in [0.2, 0.25) is 0 Å². The molecule has 2 N–H and O–H groups in total. The van der Waals surface area contributed by atoms with Gasteiger partial charge in [-0.1, -0.05) is 24.3 Å². The second-order valence-electron chi connectivity index (χ2n) is 5.18. The van der Waals surface area contributed by atoms with E-state index in [1.54, 1.807) is 6.07 Å². The summed E-state index contributed by atoms with van der Waals surface area (Å²) in [7, 11) is 0. The van der Waals surface area contributed by atoms with E-state index in [1.165, 1.54) is 27.8 Å². The molecule has 0 aromatic heterocycles. The Morgan fingerprint density at radius 3 is 2.94 bits per heavy atom. The molecular formula is C16H15NO. The number of hydrogen-bond acceptors (Lipinski definition) is 2. The summed E-state index contributed by atoms with van der Waals surface area (Å²) < 4.78 is 0. The van der Waals surface area contributed by atoms with Gasteiger partial charge in [-0.15, -0.1) is 0 Å². The van der Waals surface area contributed by atoms with Gasteiger partial charge in [-0.2, -0.15) is 0 Å². The zero-order valence-electron chi connectivity index (χ0n) is 10.1. The molecule has 0 saturated carbocycles. The van der Waals surface area contributed by atoms with Crippen LogP contribution < -0.4 is 5.32 Å². The van der Waals surface area contributed by atoms with Crippen molar-refractivity contribution in [3.8, 4) is 16.9 Å². The van der Waals surface area contributed by atoms with E-state index in [2.05, 4.69) is 23.5 Å². The fraction of sp³-hybridized carbons (Fsp3) is 0.250. The lowest BCUT2D eigenvalue weighted by Gasteiger charge is -2.34. The predicted molar refractivity (Wildman–Crippen MR) is 71.7 cm³/mol. The average molecular weight is 237 g/mol. The van der Waals surface area contributed by atoms with Gasteiger partial charge in [0.25, 0.3) is 0 Å². The molecule has 0 spiro atoms. The standard InChI is InChI=1S/C16H15NO/c18-12-4-5-13-11(8-12)9-15-16-10(6-7-17-15)2-1-3-14(13)16/h1-5,8,15,17-18H,6-7,9H2. The van der Waals surface area contributed by atoms with Crippen molar-refractivity contribution in [1.82, 2.24) is 5.32 Å². The first-order valence-corrected chi connectivity index (χ1v) is 6.50. The van der Waals surface area contributed by atoms with Crippen molar-refractivity contribution < 1.29 is 5.11 Å². The van der Waals surface area contributed by atoms with Gasteiger partial charge in [0, 0.05) is 6.04 Å². The van der Waals surface area contributed by atoms with Crippen molar-refractivity contribution in [2.45, 2.75) is 18.9 Å². The molecule has 0 radical (unpaired) electrons. The third-order valence-corrected chi connectivity index (χ3v) is 4.13. The molecule has 0 saturated heterocycles. The Balaban J connectivity index is 2.02. The molecule has 18 heavy (non-hydrogen) atoms. The zero-order chi connectivity index (χ0) is 12.1. The molecule has 2 nitrogen and oxygen atoms in total. The van der Waals surface area contributed by atoms with Crippen LogP contribution in [0.25, 0.3) is 11.1 Å². The van der Waals surface area contributed by atoms with Gasteiger partial charge in [-0.05, 0) is 59.3 Å². The van der Waals surface area contributed by atoms with Crippen molar-refractivity contribution in [2.75, 3.05) is 6.54 Å². The minimum atomic E-state index is 0.365. The third-order valence-electron chi connectivity index (χ3n) is 4.13. The summed E-state index contributed by atoms with van der Waals surface area (Å²) in [5, 5.41) is 13.2. The Kier molecular flexibility index (Phi) is 2.03. The number of rotatable bonds is 0. The van der Waals surface area contributed by atoms with Crippen LogP contribution in [-0.4, -0.2) is 11.7 Å². The van der Waals surface area contributed by atoms with Gasteiger partial charge in [-0.25, -0.2) is 0 Å². The summed E-state index contributed by atoms with van der Waals surface area (Å²) in [6, 6.07) is 12.8. The van der Waals surface area contributed by atoms with E-state index in [0.717, 1.165) is 19.4 Å². The Hall–Kier alpha value is -1.80. The van der Waals surface area contributed by atoms with Gasteiger partial charge in [0.15, 0.2) is 0 Å². The van der Waals surface area contributed by atoms with Gasteiger partial charge in [-0.3, -0.25) is 0 Å². The van der Waals surface area contributed by atoms with Crippen LogP contribution in [-0.2, 0) is 12.8 Å². The van der Waals surface area contributed by atoms with E-state index < -0.39 is 0 Å². The molecule has 2 aromatic rings. The normalized spacial score (nSPS) is 20.1. The quantitative estimate of drug-likeness (QED) is 0.738. The summed E-state index contributed by atoms with van der Waals surface area (Å²) in [6.07, 6.45) is 2.10. The van der Waals surface area contributed by atoms with Gasteiger partial charge >= 0.3 is 0 Å². The fourth-order valence-corrected chi connectivity index (χ4v) is 3.37. The Bertz CT molecular complexity index is 633. The van der Waals surface area contributed by atoms with Crippen molar-refractivity contribution in [3.63, 3.8) is 0 Å². The van der Waals surface area contributed by atoms with E-state index in [9.17, 15) is 5.11 Å². The maximum atomic E-state index is 9.64. The summed E-state index contributed by atoms with van der Waals surface area (Å²) in [4.78, 5) is 0. The lowest BCUT2D eigenvalue weighted by molar-refractivity contribution is 0.470. The first-order chi connectivity index (χ1) is 8.83. The summed E-state index contributed by atoms with van der Waals surface area (Å²) in [5.74, 6) is 0.365. The number of nitrogens with one attached hydrogen (secondary N) is 1. The first-order valence-electron chi connectivity index (χ1n) is 6.50. The number of hydrogen-bond donors (Lipinski definition) is 2. The maximum Gasteiger partial charge on any atom is 0.115 e. The minimum absolute atomic E-state index is 0.365. The predicted octanol–water partition coefficient (Wildman–Crippen LogP) is 2.80. The highest BCUT2D eigenvalue weighted by Gasteiger charge is 2.28. The van der Waals surface area contributed by atoms with Gasteiger partial charge in [0.05, 0.1) is 0 Å². The number of fused-ring (bicyclic) bond motifs is 2. The number of phenolic OH excluding ortho intramolecular Hbond substituents is 1. The number of benzene rings is 2. The highest BCUT2D eigenvalue weighted by atomic mass is 16.3. The SMILES string of the molecule is Oc1ccc2c(c1)CC1NCCc3cccc-2c31. The van der Waals surface area contributed by atoms with E-state index in [4.69, 9.17) is 0 Å².